The van der Waals surface area contributed by atoms with Crippen molar-refractivity contribution in [3.05, 3.63) is 105 Å². The molecule has 2 atom stereocenters. The molecule has 2 aliphatic carbocycles. The van der Waals surface area contributed by atoms with Gasteiger partial charge in [0.15, 0.2) is 0 Å². The Morgan fingerprint density at radius 1 is 0.615 bits per heavy atom. The van der Waals surface area contributed by atoms with Crippen LogP contribution in [0.15, 0.2) is 60.7 Å². The van der Waals surface area contributed by atoms with Gasteiger partial charge in [-0.25, -0.2) is 0 Å². The smallest absolute Gasteiger partial charge is 0.119 e. The van der Waals surface area contributed by atoms with Crippen molar-refractivity contribution in [3.63, 3.8) is 0 Å². The van der Waals surface area contributed by atoms with Crippen LogP contribution in [0.3, 0.4) is 0 Å². The second kappa shape index (κ2) is 5.06. The van der Waals surface area contributed by atoms with Crippen molar-refractivity contribution in [1.82, 2.24) is 0 Å². The minimum atomic E-state index is -0.902. The predicted octanol–water partition coefficient (Wildman–Crippen LogP) is 3.89. The number of rotatable bonds is 2. The third-order valence-electron chi connectivity index (χ3n) is 6.45. The molecule has 2 N–H and O–H groups in total. The second-order valence-electron chi connectivity index (χ2n) is 7.76. The average Bonchev–Trinajstić information content (AvgIpc) is 2.64. The van der Waals surface area contributed by atoms with Crippen LogP contribution < -0.4 is 0 Å². The van der Waals surface area contributed by atoms with Gasteiger partial charge in [0.2, 0.25) is 0 Å². The average molecular weight is 342 g/mol. The van der Waals surface area contributed by atoms with Crippen molar-refractivity contribution in [3.8, 4) is 0 Å². The zero-order valence-electron chi connectivity index (χ0n) is 15.1. The molecule has 0 amide bonds. The lowest BCUT2D eigenvalue weighted by Gasteiger charge is -2.50. The summed E-state index contributed by atoms with van der Waals surface area (Å²) >= 11 is 0. The first-order valence-electron chi connectivity index (χ1n) is 9.18. The van der Waals surface area contributed by atoms with Gasteiger partial charge < -0.3 is 10.2 Å². The molecule has 0 fully saturated rings. The van der Waals surface area contributed by atoms with Crippen LogP contribution in [0.25, 0.3) is 0 Å². The highest BCUT2D eigenvalue weighted by Gasteiger charge is 2.52. The molecule has 0 aromatic heterocycles. The van der Waals surface area contributed by atoms with Gasteiger partial charge in [-0.3, -0.25) is 0 Å². The van der Waals surface area contributed by atoms with E-state index in [1.165, 1.54) is 11.1 Å². The molecule has 5 rings (SSSR count). The Bertz CT molecular complexity index is 922. The predicted molar refractivity (Wildman–Crippen MR) is 102 cm³/mol. The van der Waals surface area contributed by atoms with E-state index in [4.69, 9.17) is 0 Å². The molecule has 0 bridgehead atoms. The summed E-state index contributed by atoms with van der Waals surface area (Å²) in [6, 6.07) is 19.8. The largest absolute Gasteiger partial charge is 0.380 e. The minimum Gasteiger partial charge on any atom is -0.380 e. The lowest BCUT2D eigenvalue weighted by atomic mass is 9.57. The first-order valence-corrected chi connectivity index (χ1v) is 9.18. The van der Waals surface area contributed by atoms with Crippen LogP contribution >= 0.6 is 0 Å². The zero-order valence-corrected chi connectivity index (χ0v) is 15.1. The minimum absolute atomic E-state index is 0.608. The molecule has 0 spiro atoms. The summed E-state index contributed by atoms with van der Waals surface area (Å²) in [5.74, 6) is 0. The Kier molecular flexibility index (Phi) is 3.08. The molecule has 0 heterocycles. The molecule has 0 saturated heterocycles. The van der Waals surface area contributed by atoms with Crippen LogP contribution in [-0.4, -0.2) is 10.2 Å². The molecule has 2 aliphatic rings. The van der Waals surface area contributed by atoms with E-state index in [0.29, 0.717) is 12.8 Å². The fourth-order valence-electron chi connectivity index (χ4n) is 5.09. The zero-order chi connectivity index (χ0) is 18.1. The number of aliphatic hydroxyl groups is 2. The summed E-state index contributed by atoms with van der Waals surface area (Å²) < 4.78 is 0. The molecule has 0 radical (unpaired) electrons. The highest BCUT2D eigenvalue weighted by Crippen LogP contribution is 2.56. The van der Waals surface area contributed by atoms with E-state index in [1.54, 1.807) is 0 Å². The van der Waals surface area contributed by atoms with Crippen LogP contribution in [-0.2, 0) is 24.0 Å². The van der Waals surface area contributed by atoms with Crippen molar-refractivity contribution in [2.45, 2.75) is 37.9 Å². The van der Waals surface area contributed by atoms with Crippen molar-refractivity contribution in [2.24, 2.45) is 0 Å². The molecule has 0 unspecified atom stereocenters. The van der Waals surface area contributed by atoms with E-state index >= 15 is 0 Å². The molecule has 2 heteroatoms. The van der Waals surface area contributed by atoms with Gasteiger partial charge in [-0.1, -0.05) is 60.7 Å². The van der Waals surface area contributed by atoms with Crippen LogP contribution in [0.2, 0.25) is 0 Å². The molecule has 3 aromatic rings. The molecule has 2 nitrogen and oxygen atoms in total. The van der Waals surface area contributed by atoms with Gasteiger partial charge in [0.25, 0.3) is 0 Å². The number of benzene rings is 3. The van der Waals surface area contributed by atoms with Gasteiger partial charge in [-0.15, -0.1) is 0 Å². The third kappa shape index (κ3) is 1.78. The number of hydrogen-bond donors (Lipinski definition) is 2. The van der Waals surface area contributed by atoms with Crippen LogP contribution in [0.1, 0.15) is 44.5 Å². The van der Waals surface area contributed by atoms with Crippen LogP contribution in [0, 0.1) is 13.8 Å². The highest BCUT2D eigenvalue weighted by molar-refractivity contribution is 5.68. The van der Waals surface area contributed by atoms with Gasteiger partial charge in [0, 0.05) is 12.8 Å². The normalized spacial score (nSPS) is 25.7. The van der Waals surface area contributed by atoms with Crippen molar-refractivity contribution in [2.75, 3.05) is 0 Å². The van der Waals surface area contributed by atoms with Gasteiger partial charge in [-0.2, -0.15) is 0 Å². The highest BCUT2D eigenvalue weighted by atomic mass is 16.3. The molecule has 0 aliphatic heterocycles. The molecular weight excluding hydrogens is 320 g/mol. The van der Waals surface area contributed by atoms with Crippen LogP contribution in [0.5, 0.6) is 0 Å². The summed E-state index contributed by atoms with van der Waals surface area (Å²) in [5, 5.41) is 22.7. The second-order valence-corrected chi connectivity index (χ2v) is 7.76. The van der Waals surface area contributed by atoms with Crippen LogP contribution in [0.4, 0.5) is 0 Å². The number of hydrogen-bond acceptors (Lipinski definition) is 2. The summed E-state index contributed by atoms with van der Waals surface area (Å²) in [7, 11) is 0. The summed E-state index contributed by atoms with van der Waals surface area (Å²) in [6.07, 6.45) is 1.22. The summed E-state index contributed by atoms with van der Waals surface area (Å²) in [5.41, 5.74) is 6.87. The maximum atomic E-state index is 11.4. The first-order chi connectivity index (χ1) is 12.5. The molecule has 130 valence electrons. The summed E-state index contributed by atoms with van der Waals surface area (Å²) in [4.78, 5) is 0. The first kappa shape index (κ1) is 15.8. The third-order valence-corrected chi connectivity index (χ3v) is 6.45. The Hall–Kier alpha value is -2.42. The van der Waals surface area contributed by atoms with Gasteiger partial charge >= 0.3 is 0 Å². The van der Waals surface area contributed by atoms with Crippen molar-refractivity contribution < 1.29 is 10.2 Å². The van der Waals surface area contributed by atoms with Gasteiger partial charge in [0.1, 0.15) is 11.2 Å². The lowest BCUT2D eigenvalue weighted by molar-refractivity contribution is 0.0422. The fourth-order valence-corrected chi connectivity index (χ4v) is 5.09. The Labute approximate surface area is 153 Å². The van der Waals surface area contributed by atoms with E-state index in [1.807, 2.05) is 60.7 Å². The molecule has 26 heavy (non-hydrogen) atoms. The Morgan fingerprint density at radius 2 is 0.962 bits per heavy atom. The van der Waals surface area contributed by atoms with E-state index in [0.717, 1.165) is 33.4 Å². The SMILES string of the molecule is Cc1c2c(c(C)c3c1[C@@](O)(c1ccccc1)C3)[C@@](O)(c1ccccc1)C2. The van der Waals surface area contributed by atoms with E-state index < -0.39 is 11.2 Å². The number of fused-ring (bicyclic) bond motifs is 2. The fraction of sp³-hybridized carbons (Fsp3) is 0.250. The maximum absolute atomic E-state index is 11.4. The van der Waals surface area contributed by atoms with E-state index in [2.05, 4.69) is 13.8 Å². The summed E-state index contributed by atoms with van der Waals surface area (Å²) in [6.45, 7) is 4.18. The van der Waals surface area contributed by atoms with Crippen molar-refractivity contribution >= 4 is 0 Å². The quantitative estimate of drug-likeness (QED) is 0.742. The van der Waals surface area contributed by atoms with Crippen molar-refractivity contribution in [1.29, 1.82) is 0 Å². The van der Waals surface area contributed by atoms with E-state index in [-0.39, 0.29) is 0 Å². The maximum Gasteiger partial charge on any atom is 0.119 e. The molecule has 0 saturated carbocycles. The Balaban J connectivity index is 1.68. The standard InChI is InChI=1S/C24H22O2/c1-15-19-13-24(26,18-11-7-4-8-12-18)22(19)16(2)20-14-23(25,21(15)20)17-9-5-3-6-10-17/h3-12,25-26H,13-14H2,1-2H3/t23-,24-/m0/s1. The molecule has 3 aromatic carbocycles. The lowest BCUT2D eigenvalue weighted by Crippen LogP contribution is -2.48. The molecular formula is C24H22O2. The van der Waals surface area contributed by atoms with Gasteiger partial charge in [0.05, 0.1) is 0 Å². The topological polar surface area (TPSA) is 40.5 Å². The Morgan fingerprint density at radius 3 is 1.31 bits per heavy atom. The monoisotopic (exact) mass is 342 g/mol. The van der Waals surface area contributed by atoms with Gasteiger partial charge in [-0.05, 0) is 58.4 Å². The van der Waals surface area contributed by atoms with E-state index in [9.17, 15) is 10.2 Å².